The molecule has 0 aliphatic carbocycles. The molecule has 1 heterocycles. The molecule has 114 valence electrons. The molecule has 0 atom stereocenters. The Morgan fingerprint density at radius 2 is 2.14 bits per heavy atom. The van der Waals surface area contributed by atoms with Crippen molar-refractivity contribution in [3.8, 4) is 17.5 Å². The number of benzene rings is 1. The van der Waals surface area contributed by atoms with Crippen LogP contribution in [-0.2, 0) is 11.3 Å². The molecule has 0 saturated heterocycles. The van der Waals surface area contributed by atoms with Crippen molar-refractivity contribution in [2.75, 3.05) is 7.05 Å². The number of rotatable bonds is 4. The molecule has 1 aromatic heterocycles. The number of likely N-dealkylation sites (N-methyl/N-ethyl adjacent to an activating group) is 1. The Bertz CT molecular complexity index is 733. The number of aromatic nitrogens is 4. The van der Waals surface area contributed by atoms with E-state index in [1.54, 1.807) is 20.9 Å². The molecular weight excluding hydrogens is 348 g/mol. The van der Waals surface area contributed by atoms with Gasteiger partial charge in [0.15, 0.2) is 0 Å². The molecule has 2 rings (SSSR count). The molecule has 0 saturated carbocycles. The number of carbonyl (C=O) groups excluding carboxylic acids is 1. The van der Waals surface area contributed by atoms with E-state index in [1.165, 1.54) is 9.70 Å². The molecule has 0 spiro atoms. The first-order chi connectivity index (χ1) is 10.3. The predicted octanol–water partition coefficient (Wildman–Crippen LogP) is 1.86. The highest BCUT2D eigenvalue weighted by atomic mass is 79.9. The highest BCUT2D eigenvalue weighted by molar-refractivity contribution is 9.10. The van der Waals surface area contributed by atoms with Crippen molar-refractivity contribution in [3.63, 3.8) is 0 Å². The summed E-state index contributed by atoms with van der Waals surface area (Å²) in [5.41, 5.74) is -0.0879. The average Bonchev–Trinajstić information content (AvgIpc) is 2.95. The minimum absolute atomic E-state index is 0.0704. The molecule has 0 aliphatic rings. The van der Waals surface area contributed by atoms with Crippen molar-refractivity contribution in [1.29, 1.82) is 5.26 Å². The van der Waals surface area contributed by atoms with Gasteiger partial charge in [0.2, 0.25) is 11.7 Å². The van der Waals surface area contributed by atoms with Gasteiger partial charge >= 0.3 is 0 Å². The SMILES string of the molecule is CN(C(=O)Cn1nnc(-c2ccccc2Br)n1)C(C)(C)C#N. The number of amides is 1. The van der Waals surface area contributed by atoms with Gasteiger partial charge in [0.05, 0.1) is 6.07 Å². The zero-order chi connectivity index (χ0) is 16.3. The van der Waals surface area contributed by atoms with Crippen LogP contribution in [0.15, 0.2) is 28.7 Å². The molecule has 0 radical (unpaired) electrons. The van der Waals surface area contributed by atoms with E-state index in [-0.39, 0.29) is 12.5 Å². The van der Waals surface area contributed by atoms with Crippen molar-refractivity contribution >= 4 is 21.8 Å². The fourth-order valence-electron chi connectivity index (χ4n) is 1.67. The topological polar surface area (TPSA) is 87.7 Å². The zero-order valence-corrected chi connectivity index (χ0v) is 14.1. The van der Waals surface area contributed by atoms with Crippen LogP contribution in [0.3, 0.4) is 0 Å². The number of nitriles is 1. The van der Waals surface area contributed by atoms with Crippen molar-refractivity contribution in [1.82, 2.24) is 25.1 Å². The fourth-order valence-corrected chi connectivity index (χ4v) is 2.14. The Balaban J connectivity index is 2.15. The summed E-state index contributed by atoms with van der Waals surface area (Å²) in [7, 11) is 1.58. The van der Waals surface area contributed by atoms with Gasteiger partial charge in [-0.3, -0.25) is 4.79 Å². The first-order valence-electron chi connectivity index (χ1n) is 6.56. The largest absolute Gasteiger partial charge is 0.326 e. The van der Waals surface area contributed by atoms with Crippen LogP contribution in [0, 0.1) is 11.3 Å². The van der Waals surface area contributed by atoms with Gasteiger partial charge in [-0.2, -0.15) is 10.1 Å². The van der Waals surface area contributed by atoms with E-state index < -0.39 is 5.54 Å². The van der Waals surface area contributed by atoms with E-state index in [4.69, 9.17) is 5.26 Å². The summed E-state index contributed by atoms with van der Waals surface area (Å²) in [6, 6.07) is 9.58. The van der Waals surface area contributed by atoms with Gasteiger partial charge in [0, 0.05) is 17.1 Å². The van der Waals surface area contributed by atoms with Crippen LogP contribution < -0.4 is 0 Å². The van der Waals surface area contributed by atoms with Crippen molar-refractivity contribution < 1.29 is 4.79 Å². The second-order valence-electron chi connectivity index (χ2n) is 5.25. The van der Waals surface area contributed by atoms with Crippen molar-refractivity contribution in [2.45, 2.75) is 25.9 Å². The minimum Gasteiger partial charge on any atom is -0.326 e. The molecule has 7 nitrogen and oxygen atoms in total. The van der Waals surface area contributed by atoms with Crippen LogP contribution >= 0.6 is 15.9 Å². The van der Waals surface area contributed by atoms with Gasteiger partial charge in [-0.05, 0) is 31.2 Å². The summed E-state index contributed by atoms with van der Waals surface area (Å²) >= 11 is 3.42. The van der Waals surface area contributed by atoms with Crippen LogP contribution in [-0.4, -0.2) is 43.6 Å². The number of nitrogens with zero attached hydrogens (tertiary/aromatic N) is 6. The Morgan fingerprint density at radius 3 is 2.77 bits per heavy atom. The molecule has 1 aromatic carbocycles. The lowest BCUT2D eigenvalue weighted by molar-refractivity contribution is -0.134. The lowest BCUT2D eigenvalue weighted by Crippen LogP contribution is -2.45. The molecule has 0 aliphatic heterocycles. The smallest absolute Gasteiger partial charge is 0.247 e. The minimum atomic E-state index is -0.886. The summed E-state index contributed by atoms with van der Waals surface area (Å²) in [4.78, 5) is 14.8. The highest BCUT2D eigenvalue weighted by Crippen LogP contribution is 2.24. The number of hydrogen-bond acceptors (Lipinski definition) is 5. The van der Waals surface area contributed by atoms with E-state index >= 15 is 0 Å². The summed E-state index contributed by atoms with van der Waals surface area (Å²) < 4.78 is 0.851. The van der Waals surface area contributed by atoms with E-state index in [1.807, 2.05) is 24.3 Å². The van der Waals surface area contributed by atoms with Gasteiger partial charge in [0.1, 0.15) is 12.1 Å². The number of halogens is 1. The zero-order valence-electron chi connectivity index (χ0n) is 12.5. The Hall–Kier alpha value is -2.27. The summed E-state index contributed by atoms with van der Waals surface area (Å²) in [5, 5.41) is 21.1. The van der Waals surface area contributed by atoms with E-state index in [9.17, 15) is 4.79 Å². The molecule has 22 heavy (non-hydrogen) atoms. The first kappa shape index (κ1) is 16.1. The van der Waals surface area contributed by atoms with Crippen molar-refractivity contribution in [3.05, 3.63) is 28.7 Å². The second kappa shape index (κ2) is 6.23. The monoisotopic (exact) mass is 362 g/mol. The van der Waals surface area contributed by atoms with E-state index in [0.717, 1.165) is 10.0 Å². The summed E-state index contributed by atoms with van der Waals surface area (Å²) in [6.45, 7) is 3.28. The number of carbonyl (C=O) groups is 1. The maximum Gasteiger partial charge on any atom is 0.247 e. The predicted molar refractivity (Wildman–Crippen MR) is 83.4 cm³/mol. The van der Waals surface area contributed by atoms with Crippen LogP contribution in [0.2, 0.25) is 0 Å². The molecule has 8 heteroatoms. The number of tetrazole rings is 1. The summed E-state index contributed by atoms with van der Waals surface area (Å²) in [5.74, 6) is 0.171. The third-order valence-corrected chi connectivity index (χ3v) is 4.02. The summed E-state index contributed by atoms with van der Waals surface area (Å²) in [6.07, 6.45) is 0. The van der Waals surface area contributed by atoms with Gasteiger partial charge in [-0.1, -0.05) is 28.1 Å². The highest BCUT2D eigenvalue weighted by Gasteiger charge is 2.27. The first-order valence-corrected chi connectivity index (χ1v) is 7.35. The Labute approximate surface area is 136 Å². The maximum atomic E-state index is 12.2. The fraction of sp³-hybridized carbons (Fsp3) is 0.357. The van der Waals surface area contributed by atoms with E-state index in [2.05, 4.69) is 37.4 Å². The third kappa shape index (κ3) is 3.31. The lowest BCUT2D eigenvalue weighted by Gasteiger charge is -2.28. The third-order valence-electron chi connectivity index (χ3n) is 3.33. The van der Waals surface area contributed by atoms with Crippen LogP contribution in [0.25, 0.3) is 11.4 Å². The standard InChI is InChI=1S/C14H15BrN6O/c1-14(2,9-16)20(3)12(22)8-21-18-13(17-19-21)10-6-4-5-7-11(10)15/h4-7H,8H2,1-3H3. The quantitative estimate of drug-likeness (QED) is 0.828. The molecule has 2 aromatic rings. The van der Waals surface area contributed by atoms with Crippen LogP contribution in [0.1, 0.15) is 13.8 Å². The Kier molecular flexibility index (Phi) is 4.56. The maximum absolute atomic E-state index is 12.2. The second-order valence-corrected chi connectivity index (χ2v) is 6.10. The van der Waals surface area contributed by atoms with Crippen molar-refractivity contribution in [2.24, 2.45) is 0 Å². The number of hydrogen-bond donors (Lipinski definition) is 0. The lowest BCUT2D eigenvalue weighted by atomic mass is 10.1. The average molecular weight is 363 g/mol. The molecule has 0 unspecified atom stereocenters. The van der Waals surface area contributed by atoms with Crippen LogP contribution in [0.5, 0.6) is 0 Å². The van der Waals surface area contributed by atoms with Gasteiger partial charge in [0.25, 0.3) is 0 Å². The molecule has 0 bridgehead atoms. The van der Waals surface area contributed by atoms with Gasteiger partial charge < -0.3 is 4.90 Å². The normalized spacial score (nSPS) is 11.0. The molecular formula is C14H15BrN6O. The molecule has 0 fully saturated rings. The Morgan fingerprint density at radius 1 is 1.45 bits per heavy atom. The van der Waals surface area contributed by atoms with Gasteiger partial charge in [-0.25, -0.2) is 0 Å². The molecule has 0 N–H and O–H groups in total. The van der Waals surface area contributed by atoms with Crippen LogP contribution in [0.4, 0.5) is 0 Å². The molecule has 1 amide bonds. The van der Waals surface area contributed by atoms with Gasteiger partial charge in [-0.15, -0.1) is 10.2 Å². The van der Waals surface area contributed by atoms with E-state index in [0.29, 0.717) is 5.82 Å².